The van der Waals surface area contributed by atoms with Crippen LogP contribution < -0.4 is 5.32 Å². The van der Waals surface area contributed by atoms with E-state index in [-0.39, 0.29) is 9.88 Å². The predicted molar refractivity (Wildman–Crippen MR) is 117 cm³/mol. The van der Waals surface area contributed by atoms with Gasteiger partial charge in [-0.1, -0.05) is 42.2 Å². The van der Waals surface area contributed by atoms with Crippen LogP contribution in [0, 0.1) is 0 Å². The number of halogens is 2. The van der Waals surface area contributed by atoms with Crippen molar-refractivity contribution in [2.24, 2.45) is 0 Å². The van der Waals surface area contributed by atoms with Crippen molar-refractivity contribution in [3.05, 3.63) is 58.6 Å². The maximum absolute atomic E-state index is 14.9. The van der Waals surface area contributed by atoms with Gasteiger partial charge in [-0.3, -0.25) is 0 Å². The summed E-state index contributed by atoms with van der Waals surface area (Å²) in [5, 5.41) is 3.26. The number of hydrogen-bond donors (Lipinski definition) is 1. The molecule has 4 nitrogen and oxygen atoms in total. The van der Waals surface area contributed by atoms with Crippen molar-refractivity contribution in [2.75, 3.05) is 13.3 Å². The van der Waals surface area contributed by atoms with Gasteiger partial charge < -0.3 is 19.4 Å². The molecule has 1 aliphatic carbocycles. The Balaban J connectivity index is 1.71. The first-order valence-electron chi connectivity index (χ1n) is 9.20. The van der Waals surface area contributed by atoms with Crippen LogP contribution in [0.5, 0.6) is 0 Å². The topological polar surface area (TPSA) is 37.6 Å². The SMILES string of the molecule is C[Si](C)(C)CCOCN1C2=C3NC=CC=C3C(F)=Cc3coc(c32)CC1I. The highest BCUT2D eigenvalue weighted by molar-refractivity contribution is 14.1. The number of hydrogen-bond acceptors (Lipinski definition) is 4. The first kappa shape index (κ1) is 19.0. The largest absolute Gasteiger partial charge is 0.468 e. The molecule has 0 aromatic carbocycles. The van der Waals surface area contributed by atoms with Gasteiger partial charge in [-0.05, 0) is 24.3 Å². The fourth-order valence-corrected chi connectivity index (χ4v) is 5.08. The van der Waals surface area contributed by atoms with E-state index in [0.29, 0.717) is 12.3 Å². The number of dihydropyridines is 1. The van der Waals surface area contributed by atoms with E-state index in [1.165, 1.54) is 0 Å². The second-order valence-electron chi connectivity index (χ2n) is 8.25. The number of nitrogens with one attached hydrogen (secondary N) is 1. The molecule has 1 atom stereocenters. The lowest BCUT2D eigenvalue weighted by molar-refractivity contribution is 0.0623. The predicted octanol–water partition coefficient (Wildman–Crippen LogP) is 5.25. The summed E-state index contributed by atoms with van der Waals surface area (Å²) >= 11 is 2.42. The standard InChI is InChI=1S/C20H24FIN2O2Si/c1-27(2,3)8-7-25-12-24-17(22)10-16-18-13(11-26-16)9-15(21)14-5-4-6-23-19(14)20(18)24/h4-6,9,11,17,23H,7-8,10,12H2,1-3H3. The molecule has 2 aliphatic heterocycles. The third kappa shape index (κ3) is 3.69. The van der Waals surface area contributed by atoms with Crippen molar-refractivity contribution < 1.29 is 13.5 Å². The zero-order chi connectivity index (χ0) is 19.2. The Kier molecular flexibility index (Phi) is 5.11. The van der Waals surface area contributed by atoms with E-state index >= 15 is 0 Å². The number of furan rings is 1. The highest BCUT2D eigenvalue weighted by Crippen LogP contribution is 2.44. The van der Waals surface area contributed by atoms with Gasteiger partial charge in [0, 0.05) is 44.0 Å². The lowest BCUT2D eigenvalue weighted by Crippen LogP contribution is -2.39. The number of nitrogens with zero attached hydrogens (tertiary/aromatic N) is 1. The van der Waals surface area contributed by atoms with Gasteiger partial charge in [0.05, 0.1) is 21.7 Å². The van der Waals surface area contributed by atoms with Crippen LogP contribution in [0.4, 0.5) is 4.39 Å². The van der Waals surface area contributed by atoms with Gasteiger partial charge in [-0.15, -0.1) is 0 Å². The van der Waals surface area contributed by atoms with Crippen LogP contribution in [0.3, 0.4) is 0 Å². The highest BCUT2D eigenvalue weighted by atomic mass is 127. The monoisotopic (exact) mass is 498 g/mol. The van der Waals surface area contributed by atoms with Crippen LogP contribution in [0.15, 0.2) is 46.1 Å². The van der Waals surface area contributed by atoms with E-state index in [1.807, 2.05) is 18.4 Å². The van der Waals surface area contributed by atoms with Crippen molar-refractivity contribution in [2.45, 2.75) is 36.2 Å². The average molecular weight is 498 g/mol. The van der Waals surface area contributed by atoms with Gasteiger partial charge in [0.2, 0.25) is 0 Å². The summed E-state index contributed by atoms with van der Waals surface area (Å²) in [6, 6.07) is 1.13. The second kappa shape index (κ2) is 7.25. The Morgan fingerprint density at radius 2 is 2.22 bits per heavy atom. The number of fused-ring (bicyclic) bond motifs is 1. The summed E-state index contributed by atoms with van der Waals surface area (Å²) in [7, 11) is -1.14. The molecular formula is C20H24FIN2O2Si. The first-order valence-corrected chi connectivity index (χ1v) is 14.2. The number of allylic oxidation sites excluding steroid dienone is 3. The number of ether oxygens (including phenoxy) is 1. The molecule has 0 amide bonds. The minimum Gasteiger partial charge on any atom is -0.468 e. The summed E-state index contributed by atoms with van der Waals surface area (Å²) in [6.45, 7) is 8.29. The van der Waals surface area contributed by atoms with Crippen LogP contribution in [0.1, 0.15) is 16.9 Å². The molecule has 1 aromatic heterocycles. The molecule has 3 heterocycles. The van der Waals surface area contributed by atoms with Crippen LogP contribution in [0.2, 0.25) is 25.7 Å². The molecule has 7 heteroatoms. The molecule has 27 heavy (non-hydrogen) atoms. The summed E-state index contributed by atoms with van der Waals surface area (Å²) in [5.74, 6) is 0.656. The van der Waals surface area contributed by atoms with Gasteiger partial charge in [-0.2, -0.15) is 0 Å². The minimum absolute atomic E-state index is 0.179. The van der Waals surface area contributed by atoms with E-state index in [0.717, 1.165) is 47.4 Å². The van der Waals surface area contributed by atoms with Crippen LogP contribution in [0.25, 0.3) is 11.8 Å². The molecule has 0 saturated heterocycles. The Morgan fingerprint density at radius 1 is 1.41 bits per heavy atom. The summed E-state index contributed by atoms with van der Waals surface area (Å²) in [5.41, 5.74) is 4.09. The Bertz CT molecular complexity index is 879. The molecule has 1 N–H and O–H groups in total. The molecule has 0 spiro atoms. The maximum Gasteiger partial charge on any atom is 0.133 e. The molecule has 0 bridgehead atoms. The fourth-order valence-electron chi connectivity index (χ4n) is 3.49. The summed E-state index contributed by atoms with van der Waals surface area (Å²) in [6.07, 6.45) is 9.48. The molecule has 4 rings (SSSR count). The molecule has 144 valence electrons. The fraction of sp³-hybridized carbons (Fsp3) is 0.400. The molecule has 3 aliphatic rings. The van der Waals surface area contributed by atoms with E-state index in [2.05, 4.69) is 52.4 Å². The second-order valence-corrected chi connectivity index (χ2v) is 15.3. The first-order chi connectivity index (χ1) is 12.8. The van der Waals surface area contributed by atoms with E-state index in [9.17, 15) is 4.39 Å². The van der Waals surface area contributed by atoms with Crippen LogP contribution in [-0.2, 0) is 11.2 Å². The van der Waals surface area contributed by atoms with E-state index < -0.39 is 8.07 Å². The zero-order valence-electron chi connectivity index (χ0n) is 15.8. The van der Waals surface area contributed by atoms with E-state index in [1.54, 1.807) is 12.3 Å². The summed E-state index contributed by atoms with van der Waals surface area (Å²) in [4.78, 5) is 2.23. The van der Waals surface area contributed by atoms with Crippen molar-refractivity contribution in [3.8, 4) is 0 Å². The molecule has 1 aromatic rings. The van der Waals surface area contributed by atoms with Crippen molar-refractivity contribution in [1.82, 2.24) is 10.2 Å². The number of rotatable bonds is 5. The van der Waals surface area contributed by atoms with Gasteiger partial charge in [0.15, 0.2) is 0 Å². The smallest absolute Gasteiger partial charge is 0.133 e. The van der Waals surface area contributed by atoms with Crippen molar-refractivity contribution in [1.29, 1.82) is 0 Å². The minimum atomic E-state index is -1.14. The molecular weight excluding hydrogens is 474 g/mol. The van der Waals surface area contributed by atoms with Gasteiger partial charge in [0.25, 0.3) is 0 Å². The van der Waals surface area contributed by atoms with Crippen molar-refractivity contribution in [3.63, 3.8) is 0 Å². The van der Waals surface area contributed by atoms with E-state index in [4.69, 9.17) is 9.15 Å². The molecule has 0 fully saturated rings. The summed E-state index contributed by atoms with van der Waals surface area (Å²) < 4.78 is 26.9. The Hall–Kier alpha value is -1.32. The molecule has 1 unspecified atom stereocenters. The lowest BCUT2D eigenvalue weighted by atomic mass is 9.98. The lowest BCUT2D eigenvalue weighted by Gasteiger charge is -2.37. The highest BCUT2D eigenvalue weighted by Gasteiger charge is 2.37. The Labute approximate surface area is 174 Å². The molecule has 0 radical (unpaired) electrons. The van der Waals surface area contributed by atoms with Crippen LogP contribution >= 0.6 is 22.6 Å². The Morgan fingerprint density at radius 3 is 3.00 bits per heavy atom. The van der Waals surface area contributed by atoms with Gasteiger partial charge >= 0.3 is 0 Å². The third-order valence-electron chi connectivity index (χ3n) is 4.97. The van der Waals surface area contributed by atoms with Crippen molar-refractivity contribution >= 4 is 42.4 Å². The van der Waals surface area contributed by atoms with Gasteiger partial charge in [0.1, 0.15) is 18.3 Å². The quantitative estimate of drug-likeness (QED) is 0.198. The average Bonchev–Trinajstić information content (AvgIpc) is 2.94. The maximum atomic E-state index is 14.9. The zero-order valence-corrected chi connectivity index (χ0v) is 19.0. The normalized spacial score (nSPS) is 21.2. The number of alkyl halides is 1. The van der Waals surface area contributed by atoms with Gasteiger partial charge in [-0.25, -0.2) is 4.39 Å². The van der Waals surface area contributed by atoms with Crippen LogP contribution in [-0.4, -0.2) is 30.4 Å². The molecule has 0 saturated carbocycles. The third-order valence-corrected chi connectivity index (χ3v) is 7.79.